The molecule has 3 rings (SSSR count). The van der Waals surface area contributed by atoms with Crippen LogP contribution < -0.4 is 10.2 Å². The number of carbonyl (C=O) groups is 1. The first kappa shape index (κ1) is 19.3. The number of pyridine rings is 1. The van der Waals surface area contributed by atoms with Gasteiger partial charge in [-0.25, -0.2) is 9.78 Å². The van der Waals surface area contributed by atoms with E-state index in [-0.39, 0.29) is 5.97 Å². The van der Waals surface area contributed by atoms with Gasteiger partial charge in [0.05, 0.1) is 17.9 Å². The summed E-state index contributed by atoms with van der Waals surface area (Å²) in [5.41, 5.74) is 2.32. The van der Waals surface area contributed by atoms with Crippen molar-refractivity contribution < 1.29 is 9.53 Å². The number of para-hydroxylation sites is 1. The lowest BCUT2D eigenvalue weighted by Crippen LogP contribution is -2.22. The van der Waals surface area contributed by atoms with Gasteiger partial charge in [0.1, 0.15) is 5.82 Å². The molecule has 7 heteroatoms. The number of rotatable bonds is 8. The Labute approximate surface area is 164 Å². The van der Waals surface area contributed by atoms with Gasteiger partial charge in [-0.15, -0.1) is 0 Å². The van der Waals surface area contributed by atoms with Crippen molar-refractivity contribution in [3.05, 3.63) is 72.2 Å². The molecule has 7 nitrogen and oxygen atoms in total. The molecule has 28 heavy (non-hydrogen) atoms. The second-order valence-electron chi connectivity index (χ2n) is 6.16. The van der Waals surface area contributed by atoms with E-state index >= 15 is 0 Å². The molecule has 0 unspecified atom stereocenters. The average molecular weight is 377 g/mol. The number of likely N-dealkylation sites (N-methyl/N-ethyl adjacent to an activating group) is 1. The minimum absolute atomic E-state index is 0.326. The van der Waals surface area contributed by atoms with Crippen LogP contribution in [0.1, 0.15) is 22.8 Å². The van der Waals surface area contributed by atoms with Crippen LogP contribution in [0.3, 0.4) is 0 Å². The molecule has 0 amide bonds. The Kier molecular flexibility index (Phi) is 6.51. The summed E-state index contributed by atoms with van der Waals surface area (Å²) in [7, 11) is 1.95. The van der Waals surface area contributed by atoms with Gasteiger partial charge in [0.15, 0.2) is 0 Å². The Morgan fingerprint density at radius 2 is 1.89 bits per heavy atom. The van der Waals surface area contributed by atoms with Gasteiger partial charge in [-0.1, -0.05) is 12.1 Å². The maximum absolute atomic E-state index is 12.1. The summed E-state index contributed by atoms with van der Waals surface area (Å²) >= 11 is 0. The maximum atomic E-state index is 12.1. The van der Waals surface area contributed by atoms with E-state index < -0.39 is 0 Å². The number of nitrogens with zero attached hydrogens (tertiary/aromatic N) is 4. The molecule has 1 aromatic carbocycles. The molecule has 0 saturated heterocycles. The van der Waals surface area contributed by atoms with Crippen LogP contribution in [0.4, 0.5) is 17.5 Å². The monoisotopic (exact) mass is 377 g/mol. The Morgan fingerprint density at radius 1 is 1.11 bits per heavy atom. The van der Waals surface area contributed by atoms with Gasteiger partial charge < -0.3 is 15.0 Å². The number of hydrogen-bond acceptors (Lipinski definition) is 7. The van der Waals surface area contributed by atoms with Crippen molar-refractivity contribution in [2.75, 3.05) is 30.4 Å². The summed E-state index contributed by atoms with van der Waals surface area (Å²) < 4.78 is 5.12. The van der Waals surface area contributed by atoms with Crippen molar-refractivity contribution in [3.8, 4) is 0 Å². The molecule has 0 spiro atoms. The Hall–Kier alpha value is -3.48. The van der Waals surface area contributed by atoms with E-state index in [0.717, 1.165) is 13.0 Å². The predicted octanol–water partition coefficient (Wildman–Crippen LogP) is 3.47. The van der Waals surface area contributed by atoms with E-state index in [2.05, 4.69) is 20.3 Å². The maximum Gasteiger partial charge on any atom is 0.340 e. The van der Waals surface area contributed by atoms with Crippen LogP contribution in [0.2, 0.25) is 0 Å². The SMILES string of the molecule is CCOC(=O)c1ccccc1Nc1ccnc(N(C)CCc2ccncc2)n1. The molecule has 0 aliphatic rings. The summed E-state index contributed by atoms with van der Waals surface area (Å²) in [5, 5.41) is 3.19. The minimum atomic E-state index is -0.366. The molecular weight excluding hydrogens is 354 g/mol. The molecule has 0 bridgehead atoms. The van der Waals surface area contributed by atoms with Crippen molar-refractivity contribution in [3.63, 3.8) is 0 Å². The second kappa shape index (κ2) is 9.45. The Bertz CT molecular complexity index is 917. The zero-order valence-corrected chi connectivity index (χ0v) is 16.0. The number of anilines is 3. The molecule has 144 valence electrons. The van der Waals surface area contributed by atoms with Crippen molar-refractivity contribution in [2.24, 2.45) is 0 Å². The van der Waals surface area contributed by atoms with Crippen LogP contribution in [0.15, 0.2) is 61.1 Å². The summed E-state index contributed by atoms with van der Waals surface area (Å²) in [4.78, 5) is 27.1. The Balaban J connectivity index is 1.71. The number of nitrogens with one attached hydrogen (secondary N) is 1. The zero-order chi connectivity index (χ0) is 19.8. The fourth-order valence-corrected chi connectivity index (χ4v) is 2.67. The summed E-state index contributed by atoms with van der Waals surface area (Å²) in [6.45, 7) is 2.88. The molecule has 0 fully saturated rings. The number of ether oxygens (including phenoxy) is 1. The minimum Gasteiger partial charge on any atom is -0.462 e. The van der Waals surface area contributed by atoms with Crippen molar-refractivity contribution in [1.82, 2.24) is 15.0 Å². The first-order chi connectivity index (χ1) is 13.7. The first-order valence-electron chi connectivity index (χ1n) is 9.13. The van der Waals surface area contributed by atoms with Crippen LogP contribution in [0.25, 0.3) is 0 Å². The third kappa shape index (κ3) is 5.03. The van der Waals surface area contributed by atoms with E-state index in [4.69, 9.17) is 4.74 Å². The largest absolute Gasteiger partial charge is 0.462 e. The van der Waals surface area contributed by atoms with Crippen molar-refractivity contribution >= 4 is 23.4 Å². The van der Waals surface area contributed by atoms with Crippen LogP contribution in [-0.4, -0.2) is 41.1 Å². The van der Waals surface area contributed by atoms with Gasteiger partial charge in [-0.05, 0) is 49.2 Å². The number of esters is 1. The van der Waals surface area contributed by atoms with Gasteiger partial charge >= 0.3 is 5.97 Å². The normalized spacial score (nSPS) is 10.4. The lowest BCUT2D eigenvalue weighted by Gasteiger charge is -2.18. The number of carbonyl (C=O) groups excluding carboxylic acids is 1. The van der Waals surface area contributed by atoms with Gasteiger partial charge in [0.2, 0.25) is 5.95 Å². The third-order valence-corrected chi connectivity index (χ3v) is 4.15. The molecule has 3 aromatic rings. The smallest absolute Gasteiger partial charge is 0.340 e. The quantitative estimate of drug-likeness (QED) is 0.602. The van der Waals surface area contributed by atoms with E-state index in [9.17, 15) is 4.79 Å². The highest BCUT2D eigenvalue weighted by Gasteiger charge is 2.13. The molecule has 2 heterocycles. The molecule has 0 aliphatic heterocycles. The van der Waals surface area contributed by atoms with E-state index in [1.807, 2.05) is 36.2 Å². The van der Waals surface area contributed by atoms with Gasteiger partial charge in [-0.3, -0.25) is 4.98 Å². The summed E-state index contributed by atoms with van der Waals surface area (Å²) in [6.07, 6.45) is 6.14. The van der Waals surface area contributed by atoms with Crippen LogP contribution in [-0.2, 0) is 11.2 Å². The van der Waals surface area contributed by atoms with Crippen molar-refractivity contribution in [2.45, 2.75) is 13.3 Å². The van der Waals surface area contributed by atoms with Gasteiger partial charge in [0.25, 0.3) is 0 Å². The van der Waals surface area contributed by atoms with Crippen LogP contribution in [0.5, 0.6) is 0 Å². The first-order valence-corrected chi connectivity index (χ1v) is 9.13. The lowest BCUT2D eigenvalue weighted by atomic mass is 10.2. The topological polar surface area (TPSA) is 80.2 Å². The highest BCUT2D eigenvalue weighted by molar-refractivity contribution is 5.96. The molecule has 2 aromatic heterocycles. The lowest BCUT2D eigenvalue weighted by molar-refractivity contribution is 0.0527. The Morgan fingerprint density at radius 3 is 2.68 bits per heavy atom. The van der Waals surface area contributed by atoms with Crippen LogP contribution >= 0.6 is 0 Å². The summed E-state index contributed by atoms with van der Waals surface area (Å²) in [5.74, 6) is 0.847. The predicted molar refractivity (Wildman–Crippen MR) is 109 cm³/mol. The average Bonchev–Trinajstić information content (AvgIpc) is 2.73. The standard InChI is InChI=1S/C21H23N5O2/c1-3-28-20(27)17-6-4-5-7-18(17)24-19-10-14-23-21(25-19)26(2)15-11-16-8-12-22-13-9-16/h4-10,12-14H,3,11,15H2,1-2H3,(H,23,24,25). The van der Waals surface area contributed by atoms with E-state index in [1.165, 1.54) is 5.56 Å². The van der Waals surface area contributed by atoms with E-state index in [1.54, 1.807) is 43.7 Å². The molecule has 0 atom stereocenters. The summed E-state index contributed by atoms with van der Waals surface area (Å²) in [6, 6.07) is 13.0. The number of hydrogen-bond donors (Lipinski definition) is 1. The highest BCUT2D eigenvalue weighted by Crippen LogP contribution is 2.21. The number of aromatic nitrogens is 3. The molecule has 0 saturated carbocycles. The van der Waals surface area contributed by atoms with Crippen LogP contribution in [0, 0.1) is 0 Å². The fourth-order valence-electron chi connectivity index (χ4n) is 2.67. The molecule has 0 aliphatic carbocycles. The van der Waals surface area contributed by atoms with Gasteiger partial charge in [0, 0.05) is 32.2 Å². The second-order valence-corrected chi connectivity index (χ2v) is 6.16. The van der Waals surface area contributed by atoms with E-state index in [0.29, 0.717) is 29.6 Å². The molecular formula is C21H23N5O2. The molecule has 1 N–H and O–H groups in total. The van der Waals surface area contributed by atoms with Gasteiger partial charge in [-0.2, -0.15) is 4.98 Å². The zero-order valence-electron chi connectivity index (χ0n) is 16.0. The third-order valence-electron chi connectivity index (χ3n) is 4.15. The number of benzene rings is 1. The van der Waals surface area contributed by atoms with Crippen molar-refractivity contribution in [1.29, 1.82) is 0 Å². The molecule has 0 radical (unpaired) electrons. The highest BCUT2D eigenvalue weighted by atomic mass is 16.5. The fraction of sp³-hybridized carbons (Fsp3) is 0.238.